The molecule has 2 amide bonds. The van der Waals surface area contributed by atoms with Gasteiger partial charge in [0.2, 0.25) is 0 Å². The second-order valence-electron chi connectivity index (χ2n) is 4.10. The van der Waals surface area contributed by atoms with Crippen molar-refractivity contribution in [3.05, 3.63) is 39.8 Å². The van der Waals surface area contributed by atoms with E-state index in [2.05, 4.69) is 0 Å². The van der Waals surface area contributed by atoms with Gasteiger partial charge in [-0.15, -0.1) is 0 Å². The van der Waals surface area contributed by atoms with Crippen LogP contribution in [0.5, 0.6) is 0 Å². The minimum absolute atomic E-state index is 0.172. The predicted octanol–water partition coefficient (Wildman–Crippen LogP) is 1.51. The summed E-state index contributed by atoms with van der Waals surface area (Å²) in [6, 6.07) is 5.40. The Balaban J connectivity index is 2.28. The van der Waals surface area contributed by atoms with E-state index in [1.807, 2.05) is 0 Å². The predicted molar refractivity (Wildman–Crippen MR) is 73.7 cm³/mol. The molecule has 1 fully saturated rings. The van der Waals surface area contributed by atoms with E-state index in [0.717, 1.165) is 0 Å². The molecule has 1 aliphatic heterocycles. The standard InChI is InChI=1S/C13H10ClNO4S/c1-7(12(17)18)15-11(16)10(20-13(15)19)6-8-2-4-9(14)5-3-8/h2-7H,1H3,(H,17,18)/p-1/b10-6-/t7-/m1/s1. The summed E-state index contributed by atoms with van der Waals surface area (Å²) in [6.45, 7) is 1.23. The molecule has 0 aromatic heterocycles. The summed E-state index contributed by atoms with van der Waals surface area (Å²) >= 11 is 6.45. The molecule has 0 unspecified atom stereocenters. The maximum Gasteiger partial charge on any atom is 0.294 e. The van der Waals surface area contributed by atoms with Gasteiger partial charge >= 0.3 is 0 Å². The average molecular weight is 311 g/mol. The third kappa shape index (κ3) is 2.86. The van der Waals surface area contributed by atoms with Crippen LogP contribution >= 0.6 is 23.4 Å². The van der Waals surface area contributed by atoms with Crippen molar-refractivity contribution in [2.24, 2.45) is 0 Å². The molecular formula is C13H9ClNO4S-. The number of benzene rings is 1. The average Bonchev–Trinajstić information content (AvgIpc) is 2.66. The van der Waals surface area contributed by atoms with E-state index in [9.17, 15) is 19.5 Å². The van der Waals surface area contributed by atoms with Crippen molar-refractivity contribution in [3.63, 3.8) is 0 Å². The van der Waals surface area contributed by atoms with Gasteiger partial charge in [-0.3, -0.25) is 14.5 Å². The first-order valence-corrected chi connectivity index (χ1v) is 6.83. The van der Waals surface area contributed by atoms with Crippen LogP contribution in [0.2, 0.25) is 5.02 Å². The summed E-state index contributed by atoms with van der Waals surface area (Å²) in [4.78, 5) is 35.4. The number of rotatable bonds is 3. The Morgan fingerprint density at radius 1 is 1.35 bits per heavy atom. The molecule has 20 heavy (non-hydrogen) atoms. The van der Waals surface area contributed by atoms with Crippen LogP contribution in [0.25, 0.3) is 6.08 Å². The molecule has 2 rings (SSSR count). The summed E-state index contributed by atoms with van der Waals surface area (Å²) in [5, 5.41) is 10.7. The van der Waals surface area contributed by atoms with Crippen LogP contribution in [-0.2, 0) is 9.59 Å². The third-order valence-corrected chi connectivity index (χ3v) is 3.86. The van der Waals surface area contributed by atoms with Crippen molar-refractivity contribution in [1.82, 2.24) is 4.90 Å². The van der Waals surface area contributed by atoms with Crippen LogP contribution in [0.15, 0.2) is 29.2 Å². The highest BCUT2D eigenvalue weighted by atomic mass is 35.5. The molecule has 1 aromatic carbocycles. The summed E-state index contributed by atoms with van der Waals surface area (Å²) in [7, 11) is 0. The first kappa shape index (κ1) is 14.6. The van der Waals surface area contributed by atoms with Gasteiger partial charge in [0.15, 0.2) is 0 Å². The van der Waals surface area contributed by atoms with Gasteiger partial charge in [-0.05, 0) is 42.5 Å². The Morgan fingerprint density at radius 3 is 2.50 bits per heavy atom. The lowest BCUT2D eigenvalue weighted by Gasteiger charge is -2.21. The van der Waals surface area contributed by atoms with Gasteiger partial charge < -0.3 is 9.90 Å². The highest BCUT2D eigenvalue weighted by molar-refractivity contribution is 8.18. The zero-order valence-corrected chi connectivity index (χ0v) is 11.9. The zero-order valence-electron chi connectivity index (χ0n) is 10.3. The number of carboxylic acid groups (broad SMARTS) is 1. The molecule has 5 nitrogen and oxygen atoms in total. The number of hydrogen-bond acceptors (Lipinski definition) is 5. The van der Waals surface area contributed by atoms with Crippen molar-refractivity contribution in [1.29, 1.82) is 0 Å². The van der Waals surface area contributed by atoms with Crippen molar-refractivity contribution >= 4 is 46.6 Å². The lowest BCUT2D eigenvalue weighted by atomic mass is 10.2. The van der Waals surface area contributed by atoms with E-state index in [1.165, 1.54) is 13.0 Å². The zero-order chi connectivity index (χ0) is 14.9. The van der Waals surface area contributed by atoms with E-state index < -0.39 is 23.2 Å². The Kier molecular flexibility index (Phi) is 4.15. The number of thioether (sulfide) groups is 1. The molecule has 1 heterocycles. The minimum Gasteiger partial charge on any atom is -0.548 e. The number of nitrogens with zero attached hydrogens (tertiary/aromatic N) is 1. The molecule has 0 N–H and O–H groups in total. The molecule has 0 aliphatic carbocycles. The maximum atomic E-state index is 12.0. The van der Waals surface area contributed by atoms with Crippen LogP contribution in [0.1, 0.15) is 12.5 Å². The number of amides is 2. The fourth-order valence-corrected chi connectivity index (χ4v) is 2.66. The molecule has 0 saturated carbocycles. The largest absolute Gasteiger partial charge is 0.548 e. The van der Waals surface area contributed by atoms with Crippen LogP contribution in [0, 0.1) is 0 Å². The second-order valence-corrected chi connectivity index (χ2v) is 5.53. The van der Waals surface area contributed by atoms with Gasteiger partial charge in [0, 0.05) is 5.02 Å². The molecule has 1 aliphatic rings. The Bertz CT molecular complexity index is 611. The van der Waals surface area contributed by atoms with Crippen LogP contribution in [0.3, 0.4) is 0 Å². The molecule has 0 radical (unpaired) electrons. The second kappa shape index (κ2) is 5.68. The van der Waals surface area contributed by atoms with Crippen LogP contribution in [-0.4, -0.2) is 28.1 Å². The summed E-state index contributed by atoms with van der Waals surface area (Å²) in [5.74, 6) is -2.10. The normalized spacial score (nSPS) is 18.7. The number of carbonyl (C=O) groups is 3. The number of carbonyl (C=O) groups excluding carboxylic acids is 3. The van der Waals surface area contributed by atoms with E-state index in [0.29, 0.717) is 27.2 Å². The highest BCUT2D eigenvalue weighted by Crippen LogP contribution is 2.33. The number of imide groups is 1. The van der Waals surface area contributed by atoms with Gasteiger partial charge in [0.25, 0.3) is 11.1 Å². The third-order valence-electron chi connectivity index (χ3n) is 2.72. The number of halogens is 1. The molecule has 104 valence electrons. The number of aliphatic carboxylic acids is 1. The van der Waals surface area contributed by atoms with Crippen molar-refractivity contribution in [3.8, 4) is 0 Å². The summed E-state index contributed by atoms with van der Waals surface area (Å²) in [5.41, 5.74) is 0.695. The molecule has 0 bridgehead atoms. The van der Waals surface area contributed by atoms with E-state index in [1.54, 1.807) is 24.3 Å². The Hall–Kier alpha value is -1.79. The van der Waals surface area contributed by atoms with Crippen molar-refractivity contribution in [2.45, 2.75) is 13.0 Å². The van der Waals surface area contributed by atoms with E-state index in [4.69, 9.17) is 11.6 Å². The number of carboxylic acids is 1. The lowest BCUT2D eigenvalue weighted by Crippen LogP contribution is -2.48. The first-order valence-electron chi connectivity index (χ1n) is 5.63. The van der Waals surface area contributed by atoms with Gasteiger partial charge in [0.05, 0.1) is 16.9 Å². The Labute approximate surface area is 124 Å². The SMILES string of the molecule is C[C@H](C(=O)[O-])N1C(=O)S/C(=C\c2ccc(Cl)cc2)C1=O. The monoisotopic (exact) mass is 310 g/mol. The van der Waals surface area contributed by atoms with Gasteiger partial charge in [0.1, 0.15) is 0 Å². The van der Waals surface area contributed by atoms with E-state index >= 15 is 0 Å². The van der Waals surface area contributed by atoms with Gasteiger partial charge in [-0.25, -0.2) is 0 Å². The topological polar surface area (TPSA) is 77.5 Å². The fraction of sp³-hybridized carbons (Fsp3) is 0.154. The van der Waals surface area contributed by atoms with Crippen LogP contribution < -0.4 is 5.11 Å². The van der Waals surface area contributed by atoms with Crippen molar-refractivity contribution in [2.75, 3.05) is 0 Å². The molecule has 1 saturated heterocycles. The van der Waals surface area contributed by atoms with Gasteiger partial charge in [-0.2, -0.15) is 0 Å². The quantitative estimate of drug-likeness (QED) is 0.791. The number of hydrogen-bond donors (Lipinski definition) is 0. The molecular weight excluding hydrogens is 302 g/mol. The maximum absolute atomic E-state index is 12.0. The fourth-order valence-electron chi connectivity index (χ4n) is 1.63. The van der Waals surface area contributed by atoms with Gasteiger partial charge in [-0.1, -0.05) is 23.7 Å². The lowest BCUT2D eigenvalue weighted by molar-refractivity contribution is -0.309. The minimum atomic E-state index is -1.47. The summed E-state index contributed by atoms with van der Waals surface area (Å²) in [6.07, 6.45) is 1.52. The van der Waals surface area contributed by atoms with E-state index in [-0.39, 0.29) is 4.91 Å². The molecule has 7 heteroatoms. The molecule has 0 spiro atoms. The smallest absolute Gasteiger partial charge is 0.294 e. The Morgan fingerprint density at radius 2 is 1.95 bits per heavy atom. The van der Waals surface area contributed by atoms with Crippen molar-refractivity contribution < 1.29 is 19.5 Å². The molecule has 1 aromatic rings. The first-order chi connectivity index (χ1) is 9.40. The van der Waals surface area contributed by atoms with Crippen LogP contribution in [0.4, 0.5) is 4.79 Å². The molecule has 1 atom stereocenters. The summed E-state index contributed by atoms with van der Waals surface area (Å²) < 4.78 is 0. The highest BCUT2D eigenvalue weighted by Gasteiger charge is 2.38.